The molecule has 0 aromatic rings. The Balaban J connectivity index is 2.39. The van der Waals surface area contributed by atoms with Crippen LogP contribution in [0.5, 0.6) is 0 Å². The number of nitrogens with one attached hydrogen (secondary N) is 1. The normalized spacial score (nSPS) is 19.8. The van der Waals surface area contributed by atoms with Crippen LogP contribution in [-0.4, -0.2) is 18.8 Å². The number of amides is 1. The van der Waals surface area contributed by atoms with E-state index in [0.717, 1.165) is 6.42 Å². The van der Waals surface area contributed by atoms with E-state index in [1.807, 2.05) is 0 Å². The van der Waals surface area contributed by atoms with Crippen LogP contribution in [0.25, 0.3) is 0 Å². The van der Waals surface area contributed by atoms with Gasteiger partial charge in [0.05, 0.1) is 0 Å². The Labute approximate surface area is 47.8 Å². The molecule has 0 spiro atoms. The number of hydrogen-bond donors (Lipinski definition) is 1. The first kappa shape index (κ1) is 5.28. The summed E-state index contributed by atoms with van der Waals surface area (Å²) in [5, 5.41) is 2.61. The molecule has 0 radical (unpaired) electrons. The molecule has 0 unspecified atom stereocenters. The lowest BCUT2D eigenvalue weighted by Gasteiger charge is -1.92. The third-order valence-electron chi connectivity index (χ3n) is 0.997. The van der Waals surface area contributed by atoms with Crippen molar-refractivity contribution < 1.29 is 4.79 Å². The minimum absolute atomic E-state index is 0.0995. The van der Waals surface area contributed by atoms with Crippen molar-refractivity contribution in [1.29, 1.82) is 0 Å². The summed E-state index contributed by atoms with van der Waals surface area (Å²) < 4.78 is 0. The first-order chi connectivity index (χ1) is 3.89. The van der Waals surface area contributed by atoms with Gasteiger partial charge in [-0.25, -0.2) is 0 Å². The highest BCUT2D eigenvalue weighted by atomic mass is 16.1. The molecule has 1 N–H and O–H groups in total. The summed E-state index contributed by atoms with van der Waals surface area (Å²) in [6.07, 6.45) is 3.15. The highest BCUT2D eigenvalue weighted by Gasteiger charge is 1.99. The Bertz CT molecular complexity index is 108. The van der Waals surface area contributed by atoms with E-state index in [2.05, 4.69) is 10.3 Å². The van der Waals surface area contributed by atoms with E-state index in [0.29, 0.717) is 13.1 Å². The smallest absolute Gasteiger partial charge is 0.221 e. The predicted molar refractivity (Wildman–Crippen MR) is 30.7 cm³/mol. The van der Waals surface area contributed by atoms with Crippen LogP contribution in [0.15, 0.2) is 4.99 Å². The lowest BCUT2D eigenvalue weighted by molar-refractivity contribution is -0.120. The third-order valence-corrected chi connectivity index (χ3v) is 0.997. The van der Waals surface area contributed by atoms with Crippen molar-refractivity contribution >= 4 is 12.1 Å². The Morgan fingerprint density at radius 2 is 2.62 bits per heavy atom. The quantitative estimate of drug-likeness (QED) is 0.468. The van der Waals surface area contributed by atoms with Gasteiger partial charge in [0, 0.05) is 12.6 Å². The van der Waals surface area contributed by atoms with Crippen molar-refractivity contribution in [3.8, 4) is 0 Å². The number of carbonyl (C=O) groups excluding carboxylic acids is 1. The largest absolute Gasteiger partial charge is 0.337 e. The summed E-state index contributed by atoms with van der Waals surface area (Å²) >= 11 is 0. The number of carbonyl (C=O) groups is 1. The van der Waals surface area contributed by atoms with Crippen LogP contribution in [0.1, 0.15) is 12.8 Å². The summed E-state index contributed by atoms with van der Waals surface area (Å²) in [5.41, 5.74) is 0. The van der Waals surface area contributed by atoms with Gasteiger partial charge in [-0.05, 0) is 6.42 Å². The van der Waals surface area contributed by atoms with Crippen molar-refractivity contribution in [2.75, 3.05) is 6.67 Å². The van der Waals surface area contributed by atoms with Crippen LogP contribution in [0.4, 0.5) is 0 Å². The van der Waals surface area contributed by atoms with Crippen molar-refractivity contribution in [3.05, 3.63) is 0 Å². The van der Waals surface area contributed by atoms with Gasteiger partial charge in [0.1, 0.15) is 6.67 Å². The van der Waals surface area contributed by atoms with Crippen molar-refractivity contribution in [2.45, 2.75) is 12.8 Å². The van der Waals surface area contributed by atoms with Gasteiger partial charge >= 0.3 is 0 Å². The highest BCUT2D eigenvalue weighted by Crippen LogP contribution is 1.88. The zero-order chi connectivity index (χ0) is 5.82. The van der Waals surface area contributed by atoms with Gasteiger partial charge in [-0.1, -0.05) is 0 Å². The zero-order valence-corrected chi connectivity index (χ0v) is 4.55. The number of rotatable bonds is 0. The third kappa shape index (κ3) is 1.33. The van der Waals surface area contributed by atoms with Crippen LogP contribution in [0, 0.1) is 0 Å². The molecule has 0 aliphatic carbocycles. The molecule has 1 aliphatic rings. The Kier molecular flexibility index (Phi) is 1.62. The van der Waals surface area contributed by atoms with Crippen molar-refractivity contribution in [3.63, 3.8) is 0 Å². The van der Waals surface area contributed by atoms with Gasteiger partial charge in [-0.2, -0.15) is 0 Å². The zero-order valence-electron chi connectivity index (χ0n) is 4.55. The van der Waals surface area contributed by atoms with Crippen LogP contribution in [0.3, 0.4) is 0 Å². The second-order valence-electron chi connectivity index (χ2n) is 1.66. The molecule has 1 aliphatic heterocycles. The molecule has 1 amide bonds. The molecule has 0 fully saturated rings. The molecule has 3 heteroatoms. The van der Waals surface area contributed by atoms with Crippen LogP contribution in [-0.2, 0) is 4.79 Å². The molecule has 0 aromatic heterocycles. The fourth-order valence-corrected chi connectivity index (χ4v) is 0.574. The molecule has 8 heavy (non-hydrogen) atoms. The highest BCUT2D eigenvalue weighted by molar-refractivity contribution is 5.79. The summed E-state index contributed by atoms with van der Waals surface area (Å²) in [6, 6.07) is 0. The molecule has 0 saturated heterocycles. The molecular formula is C5H8N2O. The molecule has 0 aromatic carbocycles. The van der Waals surface area contributed by atoms with E-state index in [4.69, 9.17) is 0 Å². The number of aliphatic imine (C=N–C) groups is 1. The van der Waals surface area contributed by atoms with E-state index >= 15 is 0 Å². The molecule has 0 atom stereocenters. The lowest BCUT2D eigenvalue weighted by Crippen LogP contribution is -2.20. The fraction of sp³-hybridized carbons (Fsp3) is 0.600. The minimum Gasteiger partial charge on any atom is -0.337 e. The van der Waals surface area contributed by atoms with Gasteiger partial charge < -0.3 is 5.32 Å². The Morgan fingerprint density at radius 1 is 1.75 bits per heavy atom. The van der Waals surface area contributed by atoms with E-state index < -0.39 is 0 Å². The average Bonchev–Trinajstić information content (AvgIpc) is 1.94. The minimum atomic E-state index is 0.0995. The average molecular weight is 112 g/mol. The van der Waals surface area contributed by atoms with Crippen molar-refractivity contribution in [2.24, 2.45) is 4.99 Å². The van der Waals surface area contributed by atoms with Gasteiger partial charge in [-0.3, -0.25) is 9.79 Å². The van der Waals surface area contributed by atoms with Gasteiger partial charge in [0.25, 0.3) is 0 Å². The number of hydrogen-bond acceptors (Lipinski definition) is 2. The summed E-state index contributed by atoms with van der Waals surface area (Å²) in [4.78, 5) is 14.4. The van der Waals surface area contributed by atoms with Gasteiger partial charge in [-0.15, -0.1) is 0 Å². The second-order valence-corrected chi connectivity index (χ2v) is 1.66. The topological polar surface area (TPSA) is 41.5 Å². The van der Waals surface area contributed by atoms with Crippen molar-refractivity contribution in [1.82, 2.24) is 5.32 Å². The maximum atomic E-state index is 10.5. The molecule has 1 heterocycles. The first-order valence-electron chi connectivity index (χ1n) is 2.64. The maximum absolute atomic E-state index is 10.5. The summed E-state index contributed by atoms with van der Waals surface area (Å²) in [6.45, 7) is 0.457. The van der Waals surface area contributed by atoms with Crippen LogP contribution in [0.2, 0.25) is 0 Å². The van der Waals surface area contributed by atoms with Crippen LogP contribution < -0.4 is 5.32 Å². The summed E-state index contributed by atoms with van der Waals surface area (Å²) in [7, 11) is 0. The van der Waals surface area contributed by atoms with E-state index in [1.165, 1.54) is 0 Å². The van der Waals surface area contributed by atoms with E-state index in [-0.39, 0.29) is 5.91 Å². The lowest BCUT2D eigenvalue weighted by atomic mass is 10.3. The fourth-order valence-electron chi connectivity index (χ4n) is 0.574. The van der Waals surface area contributed by atoms with Gasteiger partial charge in [0.2, 0.25) is 5.91 Å². The van der Waals surface area contributed by atoms with Crippen LogP contribution >= 0.6 is 0 Å². The SMILES string of the molecule is O=C1CCC=NCN1. The molecule has 1 rings (SSSR count). The standard InChI is InChI=1S/C5H8N2O/c8-5-2-1-3-6-4-7-5/h3H,1-2,4H2,(H,7,8). The van der Waals surface area contributed by atoms with Gasteiger partial charge in [0.15, 0.2) is 0 Å². The molecule has 44 valence electrons. The summed E-state index contributed by atoms with van der Waals surface area (Å²) in [5.74, 6) is 0.0995. The Morgan fingerprint density at radius 3 is 3.50 bits per heavy atom. The molecule has 0 saturated carbocycles. The van der Waals surface area contributed by atoms with E-state index in [1.54, 1.807) is 6.21 Å². The maximum Gasteiger partial charge on any atom is 0.221 e. The monoisotopic (exact) mass is 112 g/mol. The second kappa shape index (κ2) is 2.45. The first-order valence-corrected chi connectivity index (χ1v) is 2.64. The Hall–Kier alpha value is -0.860. The molecule has 0 bridgehead atoms. The molecular weight excluding hydrogens is 104 g/mol. The molecule has 3 nitrogen and oxygen atoms in total. The van der Waals surface area contributed by atoms with E-state index in [9.17, 15) is 4.79 Å². The number of nitrogens with zero attached hydrogens (tertiary/aromatic N) is 1. The predicted octanol–water partition coefficient (Wildman–Crippen LogP) is -0.0753.